The minimum atomic E-state index is -4.54. The smallest absolute Gasteiger partial charge is 0.336 e. The lowest BCUT2D eigenvalue weighted by atomic mass is 10.3. The molecule has 5 nitrogen and oxygen atoms in total. The summed E-state index contributed by atoms with van der Waals surface area (Å²) in [5.41, 5.74) is -1.65. The van der Waals surface area contributed by atoms with Crippen LogP contribution in [0.15, 0.2) is 30.5 Å². The number of halogens is 5. The molecule has 2 aromatic rings. The summed E-state index contributed by atoms with van der Waals surface area (Å²) in [5, 5.41) is 7.53. The first-order valence-corrected chi connectivity index (χ1v) is 6.37. The van der Waals surface area contributed by atoms with Gasteiger partial charge in [-0.1, -0.05) is 6.07 Å². The van der Waals surface area contributed by atoms with Gasteiger partial charge >= 0.3 is 12.2 Å². The zero-order valence-corrected chi connectivity index (χ0v) is 11.5. The fourth-order valence-corrected chi connectivity index (χ4v) is 1.70. The van der Waals surface area contributed by atoms with Gasteiger partial charge in [-0.2, -0.15) is 18.3 Å². The topological polar surface area (TPSA) is 59.0 Å². The van der Waals surface area contributed by atoms with E-state index < -0.39 is 35.2 Å². The summed E-state index contributed by atoms with van der Waals surface area (Å²) in [5.74, 6) is -1.89. The number of anilines is 1. The molecule has 0 saturated carbocycles. The monoisotopic (exact) mass is 334 g/mol. The van der Waals surface area contributed by atoms with Crippen LogP contribution in [0.1, 0.15) is 5.69 Å². The standard InChI is InChI=1S/C13H11F5N4O/c14-8-2-1-3-9(15)11(8)20-12(23)19-5-7-22-6-4-10(21-22)13(16,17)18/h1-4,6H,5,7H2,(H2,19,20,23). The molecule has 10 heteroatoms. The predicted molar refractivity (Wildman–Crippen MR) is 70.6 cm³/mol. The van der Waals surface area contributed by atoms with Crippen LogP contribution in [-0.2, 0) is 12.7 Å². The summed E-state index contributed by atoms with van der Waals surface area (Å²) in [6.07, 6.45) is -3.43. The Morgan fingerprint density at radius 1 is 1.17 bits per heavy atom. The molecule has 124 valence electrons. The maximum atomic E-state index is 13.3. The number of amides is 2. The van der Waals surface area contributed by atoms with Crippen LogP contribution in [0.5, 0.6) is 0 Å². The quantitative estimate of drug-likeness (QED) is 0.845. The van der Waals surface area contributed by atoms with E-state index in [1.165, 1.54) is 0 Å². The molecule has 0 saturated heterocycles. The van der Waals surface area contributed by atoms with E-state index in [1.54, 1.807) is 0 Å². The third kappa shape index (κ3) is 4.41. The number of hydrogen-bond donors (Lipinski definition) is 2. The van der Waals surface area contributed by atoms with Gasteiger partial charge in [-0.15, -0.1) is 0 Å². The summed E-state index contributed by atoms with van der Waals surface area (Å²) in [6, 6.07) is 3.00. The van der Waals surface area contributed by atoms with Crippen molar-refractivity contribution in [1.29, 1.82) is 0 Å². The number of carbonyl (C=O) groups is 1. The van der Waals surface area contributed by atoms with E-state index in [0.717, 1.165) is 35.1 Å². The Kier molecular flexibility index (Phi) is 4.82. The van der Waals surface area contributed by atoms with Crippen LogP contribution in [0, 0.1) is 11.6 Å². The molecule has 0 spiro atoms. The van der Waals surface area contributed by atoms with E-state index in [0.29, 0.717) is 0 Å². The van der Waals surface area contributed by atoms with E-state index >= 15 is 0 Å². The highest BCUT2D eigenvalue weighted by atomic mass is 19.4. The molecule has 0 aliphatic heterocycles. The van der Waals surface area contributed by atoms with Crippen molar-refractivity contribution in [3.63, 3.8) is 0 Å². The average molecular weight is 334 g/mol. The molecule has 0 fully saturated rings. The van der Waals surface area contributed by atoms with Gasteiger partial charge < -0.3 is 10.6 Å². The van der Waals surface area contributed by atoms with Gasteiger partial charge in [0.1, 0.15) is 17.3 Å². The summed E-state index contributed by atoms with van der Waals surface area (Å²) >= 11 is 0. The van der Waals surface area contributed by atoms with Gasteiger partial charge in [-0.05, 0) is 18.2 Å². The molecular formula is C13H11F5N4O. The van der Waals surface area contributed by atoms with Crippen molar-refractivity contribution in [3.8, 4) is 0 Å². The van der Waals surface area contributed by atoms with Crippen LogP contribution in [0.3, 0.4) is 0 Å². The van der Waals surface area contributed by atoms with Crippen LogP contribution in [0.25, 0.3) is 0 Å². The Morgan fingerprint density at radius 3 is 2.39 bits per heavy atom. The number of nitrogens with zero attached hydrogens (tertiary/aromatic N) is 2. The molecular weight excluding hydrogens is 323 g/mol. The van der Waals surface area contributed by atoms with Crippen molar-refractivity contribution in [2.45, 2.75) is 12.7 Å². The van der Waals surface area contributed by atoms with Crippen molar-refractivity contribution < 1.29 is 26.7 Å². The third-order valence-electron chi connectivity index (χ3n) is 2.76. The maximum absolute atomic E-state index is 13.3. The van der Waals surface area contributed by atoms with Gasteiger partial charge in [0.15, 0.2) is 5.69 Å². The highest BCUT2D eigenvalue weighted by Gasteiger charge is 2.33. The number of nitrogens with one attached hydrogen (secondary N) is 2. The second-order valence-electron chi connectivity index (χ2n) is 4.44. The molecule has 23 heavy (non-hydrogen) atoms. The van der Waals surface area contributed by atoms with Gasteiger partial charge in [0.2, 0.25) is 0 Å². The molecule has 0 radical (unpaired) electrons. The molecule has 0 unspecified atom stereocenters. The highest BCUT2D eigenvalue weighted by molar-refractivity contribution is 5.89. The molecule has 1 aromatic carbocycles. The van der Waals surface area contributed by atoms with Crippen LogP contribution in [0.2, 0.25) is 0 Å². The Bertz CT molecular complexity index is 678. The van der Waals surface area contributed by atoms with Crippen molar-refractivity contribution >= 4 is 11.7 Å². The first kappa shape index (κ1) is 16.7. The number of aromatic nitrogens is 2. The van der Waals surface area contributed by atoms with Gasteiger partial charge in [0, 0.05) is 12.7 Å². The molecule has 1 aromatic heterocycles. The summed E-state index contributed by atoms with van der Waals surface area (Å²) in [4.78, 5) is 11.5. The van der Waals surface area contributed by atoms with E-state index in [1.807, 2.05) is 5.32 Å². The first-order chi connectivity index (χ1) is 10.8. The lowest BCUT2D eigenvalue weighted by molar-refractivity contribution is -0.141. The number of rotatable bonds is 4. The molecule has 0 aliphatic carbocycles. The van der Waals surface area contributed by atoms with Crippen molar-refractivity contribution in [1.82, 2.24) is 15.1 Å². The first-order valence-electron chi connectivity index (χ1n) is 6.37. The lowest BCUT2D eigenvalue weighted by Gasteiger charge is -2.09. The molecule has 0 aliphatic rings. The molecule has 0 atom stereocenters. The second-order valence-corrected chi connectivity index (χ2v) is 4.44. The predicted octanol–water partition coefficient (Wildman–Crippen LogP) is 3.00. The van der Waals surface area contributed by atoms with Gasteiger partial charge in [0.05, 0.1) is 6.54 Å². The van der Waals surface area contributed by atoms with Crippen LogP contribution >= 0.6 is 0 Å². The van der Waals surface area contributed by atoms with E-state index in [4.69, 9.17) is 0 Å². The number of para-hydroxylation sites is 1. The largest absolute Gasteiger partial charge is 0.435 e. The minimum absolute atomic E-state index is 0.0384. The maximum Gasteiger partial charge on any atom is 0.435 e. The van der Waals surface area contributed by atoms with Crippen molar-refractivity contribution in [2.24, 2.45) is 0 Å². The van der Waals surface area contributed by atoms with Crippen LogP contribution in [-0.4, -0.2) is 22.4 Å². The fraction of sp³-hybridized carbons (Fsp3) is 0.231. The molecule has 1 heterocycles. The number of urea groups is 1. The molecule has 2 rings (SSSR count). The zero-order valence-electron chi connectivity index (χ0n) is 11.5. The number of benzene rings is 1. The van der Waals surface area contributed by atoms with Crippen molar-refractivity contribution in [2.75, 3.05) is 11.9 Å². The lowest BCUT2D eigenvalue weighted by Crippen LogP contribution is -2.32. The normalized spacial score (nSPS) is 11.3. The summed E-state index contributed by atoms with van der Waals surface area (Å²) in [7, 11) is 0. The number of carbonyl (C=O) groups excluding carboxylic acids is 1. The van der Waals surface area contributed by atoms with Crippen LogP contribution < -0.4 is 10.6 Å². The van der Waals surface area contributed by atoms with Crippen LogP contribution in [0.4, 0.5) is 32.4 Å². The summed E-state index contributed by atoms with van der Waals surface area (Å²) in [6.45, 7) is -0.121. The Morgan fingerprint density at radius 2 is 1.83 bits per heavy atom. The Labute approximate surface area is 127 Å². The Balaban J connectivity index is 1.84. The zero-order chi connectivity index (χ0) is 17.0. The summed E-state index contributed by atoms with van der Waals surface area (Å²) < 4.78 is 64.6. The highest BCUT2D eigenvalue weighted by Crippen LogP contribution is 2.27. The molecule has 2 amide bonds. The van der Waals surface area contributed by atoms with E-state index in [9.17, 15) is 26.7 Å². The number of hydrogen-bond acceptors (Lipinski definition) is 2. The SMILES string of the molecule is O=C(NCCn1ccc(C(F)(F)F)n1)Nc1c(F)cccc1F. The molecule has 2 N–H and O–H groups in total. The van der Waals surface area contributed by atoms with E-state index in [-0.39, 0.29) is 13.1 Å². The second kappa shape index (κ2) is 6.63. The third-order valence-corrected chi connectivity index (χ3v) is 2.76. The van der Waals surface area contributed by atoms with Crippen molar-refractivity contribution in [3.05, 3.63) is 47.8 Å². The Hall–Kier alpha value is -2.65. The number of alkyl halides is 3. The molecule has 0 bridgehead atoms. The van der Waals surface area contributed by atoms with Gasteiger partial charge in [0.25, 0.3) is 0 Å². The fourth-order valence-electron chi connectivity index (χ4n) is 1.70. The minimum Gasteiger partial charge on any atom is -0.336 e. The van der Waals surface area contributed by atoms with E-state index in [2.05, 4.69) is 10.4 Å². The van der Waals surface area contributed by atoms with Gasteiger partial charge in [-0.25, -0.2) is 13.6 Å². The van der Waals surface area contributed by atoms with Gasteiger partial charge in [-0.3, -0.25) is 4.68 Å². The average Bonchev–Trinajstić information content (AvgIpc) is 2.92.